The number of carbonyl (C=O) groups is 3. The van der Waals surface area contributed by atoms with Crippen molar-refractivity contribution in [2.45, 2.75) is 62.1 Å². The van der Waals surface area contributed by atoms with Crippen LogP contribution in [0.5, 0.6) is 0 Å². The van der Waals surface area contributed by atoms with Crippen molar-refractivity contribution in [2.75, 3.05) is 19.6 Å². The van der Waals surface area contributed by atoms with Gasteiger partial charge in [0.05, 0.1) is 6.54 Å². The molecule has 6 rings (SSSR count). The molecule has 2 unspecified atom stereocenters. The number of amides is 5. The number of hydrogen-bond acceptors (Lipinski definition) is 3. The number of carbonyl (C=O) groups excluding carboxylic acids is 3. The van der Waals surface area contributed by atoms with Gasteiger partial charge in [-0.15, -0.1) is 0 Å². The van der Waals surface area contributed by atoms with Crippen molar-refractivity contribution < 1.29 is 14.4 Å². The Kier molecular flexibility index (Phi) is 5.71. The van der Waals surface area contributed by atoms with E-state index < -0.39 is 6.04 Å². The standard InChI is InChI=1S/C28H32N4O3/c33-26-25-18-30(27(34)29-23-14-8-7-13-21(23)19-9-3-1-4-10-19)15-16-31(25)28(35)32(26)24-17-22(24)20-11-5-2-6-12-20/h1-6,9-12,21-25H,7-8,13-18H2,(H,29,34)/t21?,22-,23?,24+,25+/m1/s1. The van der Waals surface area contributed by atoms with E-state index in [0.29, 0.717) is 19.0 Å². The van der Waals surface area contributed by atoms with E-state index in [2.05, 4.69) is 41.7 Å². The van der Waals surface area contributed by atoms with Crippen molar-refractivity contribution in [3.8, 4) is 0 Å². The summed E-state index contributed by atoms with van der Waals surface area (Å²) in [6.45, 7) is 1.11. The topological polar surface area (TPSA) is 73.0 Å². The van der Waals surface area contributed by atoms with E-state index >= 15 is 0 Å². The van der Waals surface area contributed by atoms with Gasteiger partial charge in [-0.25, -0.2) is 9.59 Å². The van der Waals surface area contributed by atoms with Crippen LogP contribution in [-0.2, 0) is 4.79 Å². The molecule has 2 aliphatic heterocycles. The molecule has 5 atom stereocenters. The Balaban J connectivity index is 1.11. The number of fused-ring (bicyclic) bond motifs is 1. The van der Waals surface area contributed by atoms with Crippen molar-refractivity contribution >= 4 is 18.0 Å². The van der Waals surface area contributed by atoms with Crippen LogP contribution >= 0.6 is 0 Å². The molecule has 2 saturated heterocycles. The van der Waals surface area contributed by atoms with Crippen molar-refractivity contribution in [2.24, 2.45) is 0 Å². The molecule has 182 valence electrons. The third kappa shape index (κ3) is 4.07. The number of nitrogens with one attached hydrogen (secondary N) is 1. The highest BCUT2D eigenvalue weighted by Crippen LogP contribution is 2.47. The lowest BCUT2D eigenvalue weighted by atomic mass is 9.80. The molecule has 4 fully saturated rings. The predicted molar refractivity (Wildman–Crippen MR) is 132 cm³/mol. The summed E-state index contributed by atoms with van der Waals surface area (Å²) < 4.78 is 0. The molecule has 35 heavy (non-hydrogen) atoms. The average molecular weight is 473 g/mol. The molecule has 5 amide bonds. The molecule has 2 saturated carbocycles. The van der Waals surface area contributed by atoms with E-state index in [4.69, 9.17) is 0 Å². The lowest BCUT2D eigenvalue weighted by Gasteiger charge is -2.38. The van der Waals surface area contributed by atoms with Gasteiger partial charge in [0, 0.05) is 37.0 Å². The Labute approximate surface area is 206 Å². The Bertz CT molecular complexity index is 1110. The van der Waals surface area contributed by atoms with Gasteiger partial charge >= 0.3 is 12.1 Å². The number of urea groups is 2. The van der Waals surface area contributed by atoms with Crippen molar-refractivity contribution in [1.29, 1.82) is 0 Å². The van der Waals surface area contributed by atoms with Crippen molar-refractivity contribution in [3.05, 3.63) is 71.8 Å². The zero-order chi connectivity index (χ0) is 23.9. The molecule has 0 bridgehead atoms. The third-order valence-electron chi connectivity index (χ3n) is 8.26. The van der Waals surface area contributed by atoms with Crippen LogP contribution in [0.1, 0.15) is 55.1 Å². The van der Waals surface area contributed by atoms with E-state index in [9.17, 15) is 14.4 Å². The van der Waals surface area contributed by atoms with Crippen LogP contribution in [-0.4, -0.2) is 70.4 Å². The summed E-state index contributed by atoms with van der Waals surface area (Å²) in [4.78, 5) is 44.6. The van der Waals surface area contributed by atoms with Crippen molar-refractivity contribution in [1.82, 2.24) is 20.0 Å². The van der Waals surface area contributed by atoms with E-state index in [0.717, 1.165) is 25.7 Å². The summed E-state index contributed by atoms with van der Waals surface area (Å²) in [5, 5.41) is 3.28. The molecule has 0 aromatic heterocycles. The second-order valence-corrected chi connectivity index (χ2v) is 10.3. The Hall–Kier alpha value is -3.35. The van der Waals surface area contributed by atoms with Crippen LogP contribution in [0.4, 0.5) is 9.59 Å². The normalized spacial score (nSPS) is 30.3. The van der Waals surface area contributed by atoms with E-state index in [1.807, 2.05) is 24.3 Å². The molecule has 2 aromatic rings. The molecule has 2 aromatic carbocycles. The minimum Gasteiger partial charge on any atom is -0.335 e. The Morgan fingerprint density at radius 2 is 1.49 bits per heavy atom. The van der Waals surface area contributed by atoms with Crippen LogP contribution in [0.3, 0.4) is 0 Å². The zero-order valence-corrected chi connectivity index (χ0v) is 19.9. The van der Waals surface area contributed by atoms with Gasteiger partial charge in [0.2, 0.25) is 0 Å². The quantitative estimate of drug-likeness (QED) is 0.686. The summed E-state index contributed by atoms with van der Waals surface area (Å²) in [5.41, 5.74) is 2.44. The zero-order valence-electron chi connectivity index (χ0n) is 19.9. The van der Waals surface area contributed by atoms with Gasteiger partial charge in [-0.05, 0) is 30.4 Å². The largest absolute Gasteiger partial charge is 0.335 e. The van der Waals surface area contributed by atoms with Crippen LogP contribution in [0.15, 0.2) is 60.7 Å². The molecule has 0 radical (unpaired) electrons. The smallest absolute Gasteiger partial charge is 0.327 e. The predicted octanol–water partition coefficient (Wildman–Crippen LogP) is 3.93. The maximum Gasteiger partial charge on any atom is 0.327 e. The molecular weight excluding hydrogens is 440 g/mol. The van der Waals surface area contributed by atoms with Gasteiger partial charge in [-0.1, -0.05) is 73.5 Å². The summed E-state index contributed by atoms with van der Waals surface area (Å²) in [6.07, 6.45) is 5.12. The van der Waals surface area contributed by atoms with Gasteiger partial charge in [0.25, 0.3) is 5.91 Å². The second kappa shape index (κ2) is 9.02. The highest BCUT2D eigenvalue weighted by molar-refractivity contribution is 6.05. The minimum absolute atomic E-state index is 0.0702. The maximum atomic E-state index is 13.3. The third-order valence-corrected chi connectivity index (χ3v) is 8.26. The number of piperazine rings is 1. The fourth-order valence-corrected chi connectivity index (χ4v) is 6.28. The van der Waals surface area contributed by atoms with Crippen LogP contribution < -0.4 is 5.32 Å². The highest BCUT2D eigenvalue weighted by Gasteiger charge is 2.56. The number of hydrogen-bond donors (Lipinski definition) is 1. The van der Waals surface area contributed by atoms with Gasteiger partial charge in [0.1, 0.15) is 6.04 Å². The van der Waals surface area contributed by atoms with Crippen LogP contribution in [0.2, 0.25) is 0 Å². The monoisotopic (exact) mass is 472 g/mol. The van der Waals surface area contributed by atoms with Gasteiger partial charge in [-0.3, -0.25) is 9.69 Å². The molecular formula is C28H32N4O3. The number of rotatable bonds is 4. The Morgan fingerprint density at radius 3 is 2.20 bits per heavy atom. The highest BCUT2D eigenvalue weighted by atomic mass is 16.2. The fraction of sp³-hybridized carbons (Fsp3) is 0.464. The molecule has 1 N–H and O–H groups in total. The average Bonchev–Trinajstić information content (AvgIpc) is 3.65. The Morgan fingerprint density at radius 1 is 0.829 bits per heavy atom. The molecule has 7 nitrogen and oxygen atoms in total. The van der Waals surface area contributed by atoms with Crippen molar-refractivity contribution in [3.63, 3.8) is 0 Å². The van der Waals surface area contributed by atoms with E-state index in [-0.39, 0.29) is 42.5 Å². The first-order valence-corrected chi connectivity index (χ1v) is 12.9. The summed E-state index contributed by atoms with van der Waals surface area (Å²) in [5.74, 6) is 0.368. The SMILES string of the molecule is O=C(NC1CCCCC1c1ccccc1)N1CCN2C(=O)N([C@H]3C[C@@H]3c3ccccc3)C(=O)[C@@H]2C1. The molecule has 4 aliphatic rings. The number of benzene rings is 2. The van der Waals surface area contributed by atoms with Crippen LogP contribution in [0, 0.1) is 0 Å². The lowest BCUT2D eigenvalue weighted by Crippen LogP contribution is -2.58. The van der Waals surface area contributed by atoms with E-state index in [1.165, 1.54) is 22.4 Å². The first-order valence-electron chi connectivity index (χ1n) is 12.9. The second-order valence-electron chi connectivity index (χ2n) is 10.3. The minimum atomic E-state index is -0.574. The molecule has 7 heteroatoms. The van der Waals surface area contributed by atoms with Crippen LogP contribution in [0.25, 0.3) is 0 Å². The van der Waals surface area contributed by atoms with Gasteiger partial charge in [0.15, 0.2) is 0 Å². The van der Waals surface area contributed by atoms with Gasteiger partial charge < -0.3 is 15.1 Å². The number of imide groups is 1. The van der Waals surface area contributed by atoms with Gasteiger partial charge in [-0.2, -0.15) is 0 Å². The maximum absolute atomic E-state index is 13.3. The van der Waals surface area contributed by atoms with E-state index in [1.54, 1.807) is 9.80 Å². The summed E-state index contributed by atoms with van der Waals surface area (Å²) >= 11 is 0. The molecule has 2 aliphatic carbocycles. The number of nitrogens with zero attached hydrogens (tertiary/aromatic N) is 3. The fourth-order valence-electron chi connectivity index (χ4n) is 6.28. The first kappa shape index (κ1) is 22.1. The summed E-state index contributed by atoms with van der Waals surface area (Å²) in [7, 11) is 0. The molecule has 0 spiro atoms. The molecule has 2 heterocycles. The lowest BCUT2D eigenvalue weighted by molar-refractivity contribution is -0.129. The summed E-state index contributed by atoms with van der Waals surface area (Å²) in [6, 6.07) is 19.6. The first-order chi connectivity index (χ1) is 17.1.